The Labute approximate surface area is 194 Å². The lowest BCUT2D eigenvalue weighted by atomic mass is 9.43. The van der Waals surface area contributed by atoms with Gasteiger partial charge in [-0.15, -0.1) is 0 Å². The molecule has 0 aromatic carbocycles. The first-order valence-electron chi connectivity index (χ1n) is 12.2. The highest BCUT2D eigenvalue weighted by molar-refractivity contribution is 5.84. The average Bonchev–Trinajstić information content (AvgIpc) is 3.12. The van der Waals surface area contributed by atoms with E-state index in [1.165, 1.54) is 7.11 Å². The van der Waals surface area contributed by atoms with Crippen molar-refractivity contribution in [2.75, 3.05) is 7.11 Å². The number of ketones is 1. The number of aliphatic hydroxyl groups is 1. The van der Waals surface area contributed by atoms with E-state index in [9.17, 15) is 24.3 Å². The van der Waals surface area contributed by atoms with Crippen LogP contribution in [0, 0.1) is 40.4 Å². The smallest absolute Gasteiger partial charge is 0.309 e. The van der Waals surface area contributed by atoms with Gasteiger partial charge in [-0.1, -0.05) is 13.8 Å². The van der Waals surface area contributed by atoms with Crippen molar-refractivity contribution in [3.63, 3.8) is 0 Å². The first kappa shape index (κ1) is 24.2. The zero-order valence-corrected chi connectivity index (χ0v) is 19.7. The highest BCUT2D eigenvalue weighted by atomic mass is 16.5. The van der Waals surface area contributed by atoms with Gasteiger partial charge in [-0.2, -0.15) is 0 Å². The van der Waals surface area contributed by atoms with Crippen LogP contribution in [0.15, 0.2) is 0 Å². The number of fused-ring (bicyclic) bond motifs is 5. The molecule has 0 aliphatic heterocycles. The summed E-state index contributed by atoms with van der Waals surface area (Å²) in [6.45, 7) is 4.18. The number of aliphatic hydroxyl groups excluding tert-OH is 1. The highest BCUT2D eigenvalue weighted by Crippen LogP contribution is 2.66. The van der Waals surface area contributed by atoms with E-state index < -0.39 is 23.5 Å². The molecule has 2 N–H and O–H groups in total. The van der Waals surface area contributed by atoms with Gasteiger partial charge < -0.3 is 19.7 Å². The molecule has 8 nitrogen and oxygen atoms in total. The van der Waals surface area contributed by atoms with Crippen LogP contribution in [-0.2, 0) is 28.7 Å². The van der Waals surface area contributed by atoms with Crippen LogP contribution >= 0.6 is 0 Å². The van der Waals surface area contributed by atoms with E-state index in [1.807, 2.05) is 6.92 Å². The Hall–Kier alpha value is -1.96. The van der Waals surface area contributed by atoms with Crippen molar-refractivity contribution < 1.29 is 38.9 Å². The van der Waals surface area contributed by atoms with Gasteiger partial charge in [0.15, 0.2) is 0 Å². The summed E-state index contributed by atoms with van der Waals surface area (Å²) >= 11 is 0. The van der Waals surface area contributed by atoms with Gasteiger partial charge in [0.1, 0.15) is 11.9 Å². The van der Waals surface area contributed by atoms with Crippen LogP contribution in [0.4, 0.5) is 0 Å². The number of carboxylic acid groups (broad SMARTS) is 1. The van der Waals surface area contributed by atoms with Crippen LogP contribution in [0.1, 0.15) is 71.6 Å². The monoisotopic (exact) mass is 464 g/mol. The van der Waals surface area contributed by atoms with Crippen LogP contribution in [0.5, 0.6) is 0 Å². The second-order valence-corrected chi connectivity index (χ2v) is 11.2. The second kappa shape index (κ2) is 8.67. The topological polar surface area (TPSA) is 127 Å². The van der Waals surface area contributed by atoms with Crippen molar-refractivity contribution in [1.82, 2.24) is 0 Å². The predicted octanol–water partition coefficient (Wildman–Crippen LogP) is 2.74. The molecule has 4 fully saturated rings. The van der Waals surface area contributed by atoms with Crippen molar-refractivity contribution in [1.29, 1.82) is 0 Å². The number of ether oxygens (including phenoxy) is 2. The van der Waals surface area contributed by atoms with Gasteiger partial charge in [0.25, 0.3) is 0 Å². The zero-order chi connectivity index (χ0) is 24.1. The quantitative estimate of drug-likeness (QED) is 0.595. The number of carbonyl (C=O) groups excluding carboxylic acids is 3. The van der Waals surface area contributed by atoms with Crippen molar-refractivity contribution in [3.05, 3.63) is 0 Å². The lowest BCUT2D eigenvalue weighted by Gasteiger charge is -2.61. The molecule has 0 heterocycles. The minimum Gasteiger partial charge on any atom is -0.481 e. The zero-order valence-electron chi connectivity index (χ0n) is 19.7. The molecule has 184 valence electrons. The Morgan fingerprint density at radius 3 is 2.45 bits per heavy atom. The Kier molecular flexibility index (Phi) is 6.35. The van der Waals surface area contributed by atoms with Gasteiger partial charge in [-0.3, -0.25) is 19.2 Å². The minimum atomic E-state index is -1.03. The Bertz CT molecular complexity index is 838. The number of hydrogen-bond donors (Lipinski definition) is 2. The third-order valence-corrected chi connectivity index (χ3v) is 9.86. The Balaban J connectivity index is 1.51. The Morgan fingerprint density at radius 1 is 1.06 bits per heavy atom. The first-order valence-corrected chi connectivity index (χ1v) is 12.2. The number of carbonyl (C=O) groups is 4. The summed E-state index contributed by atoms with van der Waals surface area (Å²) in [6.07, 6.45) is 2.97. The third kappa shape index (κ3) is 3.88. The molecule has 0 spiro atoms. The minimum absolute atomic E-state index is 0.0350. The molecule has 4 aliphatic carbocycles. The maximum absolute atomic E-state index is 13.5. The number of carboxylic acids is 1. The van der Waals surface area contributed by atoms with Gasteiger partial charge in [0, 0.05) is 17.8 Å². The van der Waals surface area contributed by atoms with E-state index in [1.54, 1.807) is 0 Å². The molecule has 0 bridgehead atoms. The van der Waals surface area contributed by atoms with E-state index in [4.69, 9.17) is 14.6 Å². The molecule has 4 rings (SSSR count). The number of methoxy groups -OCH3 is 1. The van der Waals surface area contributed by atoms with Crippen LogP contribution in [-0.4, -0.2) is 53.2 Å². The van der Waals surface area contributed by atoms with Gasteiger partial charge >= 0.3 is 17.9 Å². The maximum atomic E-state index is 13.5. The molecule has 0 saturated heterocycles. The molecule has 9 unspecified atom stereocenters. The molecule has 4 aliphatic rings. The van der Waals surface area contributed by atoms with E-state index in [0.717, 1.165) is 12.8 Å². The van der Waals surface area contributed by atoms with Gasteiger partial charge in [-0.05, 0) is 61.7 Å². The maximum Gasteiger partial charge on any atom is 0.309 e. The highest BCUT2D eigenvalue weighted by Gasteiger charge is 2.66. The van der Waals surface area contributed by atoms with E-state index in [-0.39, 0.29) is 65.7 Å². The van der Waals surface area contributed by atoms with Crippen molar-refractivity contribution in [2.45, 2.75) is 83.8 Å². The first-order chi connectivity index (χ1) is 15.5. The number of rotatable bonds is 5. The van der Waals surface area contributed by atoms with Gasteiger partial charge in [0.05, 0.1) is 32.0 Å². The van der Waals surface area contributed by atoms with Crippen LogP contribution in [0.3, 0.4) is 0 Å². The molecular formula is C25H36O8. The van der Waals surface area contributed by atoms with E-state index in [0.29, 0.717) is 32.1 Å². The van der Waals surface area contributed by atoms with E-state index in [2.05, 4.69) is 6.92 Å². The number of hydrogen-bond acceptors (Lipinski definition) is 7. The van der Waals surface area contributed by atoms with Crippen LogP contribution in [0.2, 0.25) is 0 Å². The average molecular weight is 465 g/mol. The molecule has 4 saturated carbocycles. The van der Waals surface area contributed by atoms with Gasteiger partial charge in [-0.25, -0.2) is 0 Å². The normalized spacial score (nSPS) is 44.2. The van der Waals surface area contributed by atoms with E-state index >= 15 is 0 Å². The van der Waals surface area contributed by atoms with Crippen LogP contribution in [0.25, 0.3) is 0 Å². The standard InChI is InChI=1S/C25H36O8/c1-24-9-8-14(33-21(30)7-6-20(28)29)10-13(24)11-18(26)22-15-4-5-16(23(31)32-3)25(15,2)19(27)12-17(22)24/h13-17,19,22,27H,4-12H2,1-3H3,(H,28,29). The summed E-state index contributed by atoms with van der Waals surface area (Å²) in [5, 5.41) is 20.1. The number of aliphatic carboxylic acids is 1. The van der Waals surface area contributed by atoms with Crippen molar-refractivity contribution in [2.24, 2.45) is 40.4 Å². The van der Waals surface area contributed by atoms with Crippen molar-refractivity contribution in [3.8, 4) is 0 Å². The summed E-state index contributed by atoms with van der Waals surface area (Å²) in [6, 6.07) is 0. The number of esters is 2. The summed E-state index contributed by atoms with van der Waals surface area (Å²) in [7, 11) is 1.38. The lowest BCUT2D eigenvalue weighted by Crippen LogP contribution is -2.61. The summed E-state index contributed by atoms with van der Waals surface area (Å²) in [5.74, 6) is -2.11. The fourth-order valence-corrected chi connectivity index (χ4v) is 7.96. The molecule has 0 aromatic heterocycles. The fourth-order valence-electron chi connectivity index (χ4n) is 7.96. The molecule has 8 heteroatoms. The second-order valence-electron chi connectivity index (χ2n) is 11.2. The summed E-state index contributed by atoms with van der Waals surface area (Å²) in [4.78, 5) is 48.7. The largest absolute Gasteiger partial charge is 0.481 e. The molecular weight excluding hydrogens is 428 g/mol. The van der Waals surface area contributed by atoms with Gasteiger partial charge in [0.2, 0.25) is 0 Å². The lowest BCUT2D eigenvalue weighted by molar-refractivity contribution is -0.189. The molecule has 9 atom stereocenters. The number of Topliss-reactive ketones (excluding diaryl/α,β-unsaturated/α-hetero) is 1. The molecule has 0 aromatic rings. The summed E-state index contributed by atoms with van der Waals surface area (Å²) in [5.41, 5.74) is -0.793. The predicted molar refractivity (Wildman–Crippen MR) is 116 cm³/mol. The molecule has 0 radical (unpaired) electrons. The fraction of sp³-hybridized carbons (Fsp3) is 0.840. The van der Waals surface area contributed by atoms with Crippen molar-refractivity contribution >= 4 is 23.7 Å². The SMILES string of the molecule is COC(=O)C1CCC2C3C(=O)CC4CC(OC(=O)CCC(=O)O)CCC4(C)C3CC(O)C12C. The third-order valence-electron chi connectivity index (χ3n) is 9.86. The Morgan fingerprint density at radius 2 is 1.79 bits per heavy atom. The summed E-state index contributed by atoms with van der Waals surface area (Å²) < 4.78 is 10.6. The van der Waals surface area contributed by atoms with Crippen LogP contribution < -0.4 is 0 Å². The molecule has 33 heavy (non-hydrogen) atoms. The molecule has 0 amide bonds.